The Kier molecular flexibility index (Phi) is 17.3. The van der Waals surface area contributed by atoms with E-state index in [9.17, 15) is 87.9 Å². The smallest absolute Gasteiger partial charge is 0.446 e. The zero-order valence-corrected chi connectivity index (χ0v) is 35.3. The molecule has 1 unspecified atom stereocenters. The van der Waals surface area contributed by atoms with Crippen LogP contribution < -0.4 is 36.9 Å². The standard InChI is InChI=1S/C37H52N8O20S/c1-3-13-11-45-27(28(13)52)35(59)43-33(57)21(50)9-16(38)31(55)40-24(18(47)4-2)36(60)44-12-15(46)8-17(44)32(56)42-26(34(58)41-25(37(45)61)20(49)10-23(39)51)30(54)29(53)14-5-6-19(48)22(7-14)65-66(62,63)64/h3-7,13,15-18,20-21,24-30,33,46-50,52-54,57H,1-2,8-12,38H2,(H2,39,51)(H,40,55)(H,41,58)(H,42,56)(H,43,59)(H,62,63,64)/t13-,15+,16?,17-,18+,20+,21+,24-,25-,26-,27-,28-,29-,30-,33+/m0/s1. The fourth-order valence-electron chi connectivity index (χ4n) is 7.50. The molecular weight excluding hydrogens is 909 g/mol. The Morgan fingerprint density at radius 1 is 0.848 bits per heavy atom. The molecule has 0 radical (unpaired) electrons. The number of primary amides is 1. The van der Waals surface area contributed by atoms with Gasteiger partial charge in [0.25, 0.3) is 0 Å². The molecule has 15 atom stereocenters. The third-order valence-corrected chi connectivity index (χ3v) is 11.4. The summed E-state index contributed by atoms with van der Waals surface area (Å²) in [5, 5.41) is 107. The highest BCUT2D eigenvalue weighted by Gasteiger charge is 2.51. The molecule has 66 heavy (non-hydrogen) atoms. The molecule has 366 valence electrons. The molecule has 3 aliphatic rings. The first-order chi connectivity index (χ1) is 30.7. The van der Waals surface area contributed by atoms with Gasteiger partial charge in [-0.2, -0.15) is 8.42 Å². The van der Waals surface area contributed by atoms with Gasteiger partial charge in [0.2, 0.25) is 41.4 Å². The van der Waals surface area contributed by atoms with E-state index < -0.39 is 192 Å². The largest absolute Gasteiger partial charge is 0.504 e. The van der Waals surface area contributed by atoms with E-state index in [1.165, 1.54) is 0 Å². The van der Waals surface area contributed by atoms with Crippen molar-refractivity contribution in [3.05, 3.63) is 49.1 Å². The fourth-order valence-corrected chi connectivity index (χ4v) is 7.86. The molecule has 29 heteroatoms. The lowest BCUT2D eigenvalue weighted by atomic mass is 9.96. The number of benzene rings is 1. The SMILES string of the molecule is C=C[C@@H](O)[C@@H]1NC(=O)C(N)C[C@@H](O)[C@@H](O)NC(=O)[C@@H]2[C@@H](O)[C@@H](C=C)CN2C(=O)[C@H]([C@H](O)CC(N)=O)NC(=O)[C@H]([C@H](O)[C@@H](O)c2ccc(O)c(OS(=O)(=O)O)c2)NC(=O)[C@@H]2C[C@@H](O)CN2C1=O. The highest BCUT2D eigenvalue weighted by Crippen LogP contribution is 2.33. The average molecular weight is 961 g/mol. The number of nitrogens with one attached hydrogen (secondary N) is 4. The third-order valence-electron chi connectivity index (χ3n) is 11.0. The van der Waals surface area contributed by atoms with Gasteiger partial charge in [-0.3, -0.25) is 38.1 Å². The van der Waals surface area contributed by atoms with Crippen LogP contribution in [0.15, 0.2) is 43.5 Å². The highest BCUT2D eigenvalue weighted by atomic mass is 32.3. The topological polar surface area (TPSA) is 472 Å². The van der Waals surface area contributed by atoms with Crippen molar-refractivity contribution in [1.82, 2.24) is 31.1 Å². The number of aromatic hydroxyl groups is 1. The van der Waals surface area contributed by atoms with Gasteiger partial charge in [0.1, 0.15) is 54.6 Å². The molecule has 3 aliphatic heterocycles. The van der Waals surface area contributed by atoms with E-state index in [2.05, 4.69) is 28.0 Å². The van der Waals surface area contributed by atoms with Gasteiger partial charge < -0.3 is 92.7 Å². The van der Waals surface area contributed by atoms with Crippen LogP contribution in [0.4, 0.5) is 0 Å². The predicted molar refractivity (Wildman–Crippen MR) is 217 cm³/mol. The molecule has 0 spiro atoms. The number of hydrogen-bond acceptors (Lipinski definition) is 20. The van der Waals surface area contributed by atoms with Crippen molar-refractivity contribution in [3.63, 3.8) is 0 Å². The summed E-state index contributed by atoms with van der Waals surface area (Å²) >= 11 is 0. The number of rotatable bonds is 11. The maximum Gasteiger partial charge on any atom is 0.446 e. The van der Waals surface area contributed by atoms with Crippen LogP contribution >= 0.6 is 0 Å². The molecule has 0 aromatic heterocycles. The Labute approximate surface area is 374 Å². The van der Waals surface area contributed by atoms with E-state index in [0.29, 0.717) is 21.9 Å². The molecule has 0 saturated carbocycles. The van der Waals surface area contributed by atoms with Crippen LogP contribution in [0.25, 0.3) is 0 Å². The van der Waals surface area contributed by atoms with Gasteiger partial charge in [0, 0.05) is 31.8 Å². The maximum absolute atomic E-state index is 14.4. The van der Waals surface area contributed by atoms with Crippen molar-refractivity contribution in [3.8, 4) is 11.5 Å². The number of amides is 7. The lowest BCUT2D eigenvalue weighted by Crippen LogP contribution is -2.64. The first-order valence-electron chi connectivity index (χ1n) is 19.8. The fraction of sp³-hybridized carbons (Fsp3) is 0.541. The van der Waals surface area contributed by atoms with Crippen LogP contribution in [0.3, 0.4) is 0 Å². The molecule has 1 aromatic rings. The number of carbonyl (C=O) groups is 7. The zero-order chi connectivity index (χ0) is 49.7. The average Bonchev–Trinajstić information content (AvgIpc) is 3.80. The maximum atomic E-state index is 14.4. The summed E-state index contributed by atoms with van der Waals surface area (Å²) in [6.45, 7) is 5.62. The molecule has 1 aromatic carbocycles. The van der Waals surface area contributed by atoms with Crippen molar-refractivity contribution in [1.29, 1.82) is 0 Å². The number of phenolic OH excluding ortho intramolecular Hbond substituents is 1. The minimum Gasteiger partial charge on any atom is -0.504 e. The molecule has 28 nitrogen and oxygen atoms in total. The first kappa shape index (κ1) is 52.8. The molecule has 3 heterocycles. The second kappa shape index (κ2) is 21.6. The van der Waals surface area contributed by atoms with Crippen molar-refractivity contribution >= 4 is 51.7 Å². The van der Waals surface area contributed by atoms with Crippen molar-refractivity contribution in [2.24, 2.45) is 17.4 Å². The minimum absolute atomic E-state index is 0.572. The molecule has 4 rings (SSSR count). The second-order valence-corrected chi connectivity index (χ2v) is 16.7. The lowest BCUT2D eigenvalue weighted by molar-refractivity contribution is -0.149. The number of hydrogen-bond donors (Lipinski definition) is 16. The monoisotopic (exact) mass is 960 g/mol. The van der Waals surface area contributed by atoms with Gasteiger partial charge in [-0.1, -0.05) is 18.2 Å². The summed E-state index contributed by atoms with van der Waals surface area (Å²) in [4.78, 5) is 97.2. The van der Waals surface area contributed by atoms with Gasteiger partial charge in [-0.25, -0.2) is 0 Å². The van der Waals surface area contributed by atoms with Crippen molar-refractivity contribution < 1.29 is 96.7 Å². The first-order valence-corrected chi connectivity index (χ1v) is 21.1. The normalized spacial score (nSPS) is 31.6. The van der Waals surface area contributed by atoms with Gasteiger partial charge in [-0.15, -0.1) is 13.2 Å². The van der Waals surface area contributed by atoms with Crippen LogP contribution in [-0.2, 0) is 44.0 Å². The van der Waals surface area contributed by atoms with Gasteiger partial charge >= 0.3 is 10.4 Å². The van der Waals surface area contributed by atoms with Crippen LogP contribution in [0.1, 0.15) is 30.9 Å². The van der Waals surface area contributed by atoms with E-state index in [1.54, 1.807) is 0 Å². The number of aliphatic hydroxyl groups excluding tert-OH is 8. The summed E-state index contributed by atoms with van der Waals surface area (Å²) in [5.41, 5.74) is 10.6. The summed E-state index contributed by atoms with van der Waals surface area (Å²) in [6.07, 6.45) is -17.8. The van der Waals surface area contributed by atoms with E-state index >= 15 is 0 Å². The van der Waals surface area contributed by atoms with Gasteiger partial charge in [-0.05, 0) is 17.7 Å². The Bertz CT molecular complexity index is 2170. The minimum atomic E-state index is -5.32. The predicted octanol–water partition coefficient (Wildman–Crippen LogP) is -8.93. The number of nitrogens with zero attached hydrogens (tertiary/aromatic N) is 2. The Morgan fingerprint density at radius 2 is 1.45 bits per heavy atom. The van der Waals surface area contributed by atoms with E-state index in [-0.39, 0.29) is 0 Å². The van der Waals surface area contributed by atoms with Crippen LogP contribution in [-0.4, -0.2) is 202 Å². The number of carbonyl (C=O) groups excluding carboxylic acids is 7. The molecule has 0 aliphatic carbocycles. The molecule has 7 amide bonds. The van der Waals surface area contributed by atoms with Crippen molar-refractivity contribution in [2.75, 3.05) is 13.1 Å². The van der Waals surface area contributed by atoms with Gasteiger partial charge in [0.15, 0.2) is 17.7 Å². The van der Waals surface area contributed by atoms with Crippen molar-refractivity contribution in [2.45, 2.75) is 104 Å². The molecular formula is C37H52N8O20S. The number of fused-ring (bicyclic) bond motifs is 2. The summed E-state index contributed by atoms with van der Waals surface area (Å²) in [5.74, 6) is -12.9. The summed E-state index contributed by atoms with van der Waals surface area (Å²) in [6, 6.07) is -10.6. The molecule has 3 saturated heterocycles. The lowest BCUT2D eigenvalue weighted by Gasteiger charge is -2.34. The number of phenols is 1. The van der Waals surface area contributed by atoms with Crippen LogP contribution in [0.5, 0.6) is 11.5 Å². The highest BCUT2D eigenvalue weighted by molar-refractivity contribution is 7.81. The Hall–Kier alpha value is -5.86. The van der Waals surface area contributed by atoms with Crippen LogP contribution in [0, 0.1) is 5.92 Å². The third kappa shape index (κ3) is 12.3. The summed E-state index contributed by atoms with van der Waals surface area (Å²) in [7, 11) is -5.32. The van der Waals surface area contributed by atoms with E-state index in [1.807, 2.05) is 10.6 Å². The zero-order valence-electron chi connectivity index (χ0n) is 34.5. The quantitative estimate of drug-likeness (QED) is 0.0723. The van der Waals surface area contributed by atoms with Gasteiger partial charge in [0.05, 0.1) is 30.8 Å². The molecule has 18 N–H and O–H groups in total. The van der Waals surface area contributed by atoms with E-state index in [4.69, 9.17) is 16.0 Å². The Balaban J connectivity index is 1.91. The molecule has 0 bridgehead atoms. The number of nitrogens with two attached hydrogens (primary N) is 2. The molecule has 3 fully saturated rings. The Morgan fingerprint density at radius 3 is 2.05 bits per heavy atom. The number of aliphatic hydroxyl groups is 8. The second-order valence-electron chi connectivity index (χ2n) is 15.7. The summed E-state index contributed by atoms with van der Waals surface area (Å²) < 4.78 is 36.3. The van der Waals surface area contributed by atoms with E-state index in [0.717, 1.165) is 18.2 Å². The van der Waals surface area contributed by atoms with Crippen LogP contribution in [0.2, 0.25) is 0 Å².